The van der Waals surface area contributed by atoms with Gasteiger partial charge in [0.05, 0.1) is 6.67 Å². The predicted molar refractivity (Wildman–Crippen MR) is 48.8 cm³/mol. The summed E-state index contributed by atoms with van der Waals surface area (Å²) in [5, 5.41) is 0. The molecule has 12 heavy (non-hydrogen) atoms. The smallest absolute Gasteiger partial charge is 0.0963 e. The van der Waals surface area contributed by atoms with E-state index in [2.05, 4.69) is 0 Å². The molecule has 0 aliphatic heterocycles. The lowest BCUT2D eigenvalue weighted by atomic mass is 9.97. The van der Waals surface area contributed by atoms with Crippen LogP contribution in [0.15, 0.2) is 30.3 Å². The molecule has 0 aromatic heterocycles. The zero-order chi connectivity index (χ0) is 8.81. The van der Waals surface area contributed by atoms with Gasteiger partial charge in [0.2, 0.25) is 0 Å². The van der Waals surface area contributed by atoms with Crippen molar-refractivity contribution in [2.45, 2.75) is 12.3 Å². The van der Waals surface area contributed by atoms with Crippen LogP contribution < -0.4 is 5.73 Å². The van der Waals surface area contributed by atoms with Crippen LogP contribution in [0.4, 0.5) is 4.39 Å². The molecule has 1 unspecified atom stereocenters. The molecular weight excluding hydrogens is 153 g/mol. The van der Waals surface area contributed by atoms with Crippen molar-refractivity contribution < 1.29 is 4.39 Å². The summed E-state index contributed by atoms with van der Waals surface area (Å²) in [4.78, 5) is 0. The van der Waals surface area contributed by atoms with Crippen LogP contribution in [0.3, 0.4) is 0 Å². The Balaban J connectivity index is 2.66. The lowest BCUT2D eigenvalue weighted by molar-refractivity contribution is 0.418. The predicted octanol–water partition coefficient (Wildman–Crippen LogP) is 2.09. The van der Waals surface area contributed by atoms with Crippen molar-refractivity contribution in [3.63, 3.8) is 0 Å². The third-order valence-electron chi connectivity index (χ3n) is 1.97. The van der Waals surface area contributed by atoms with Gasteiger partial charge in [0, 0.05) is 5.92 Å². The largest absolute Gasteiger partial charge is 0.330 e. The monoisotopic (exact) mass is 167 g/mol. The van der Waals surface area contributed by atoms with Gasteiger partial charge in [-0.15, -0.1) is 0 Å². The van der Waals surface area contributed by atoms with Crippen LogP contribution >= 0.6 is 0 Å². The van der Waals surface area contributed by atoms with Gasteiger partial charge in [0.15, 0.2) is 0 Å². The molecule has 0 radical (unpaired) electrons. The Kier molecular flexibility index (Phi) is 3.74. The lowest BCUT2D eigenvalue weighted by Gasteiger charge is -2.11. The number of hydrogen-bond acceptors (Lipinski definition) is 1. The maximum absolute atomic E-state index is 12.5. The second-order valence-electron chi connectivity index (χ2n) is 2.84. The zero-order valence-corrected chi connectivity index (χ0v) is 7.04. The molecule has 0 bridgehead atoms. The van der Waals surface area contributed by atoms with Gasteiger partial charge in [-0.05, 0) is 18.5 Å². The highest BCUT2D eigenvalue weighted by Crippen LogP contribution is 2.18. The van der Waals surface area contributed by atoms with E-state index in [1.807, 2.05) is 30.3 Å². The van der Waals surface area contributed by atoms with Crippen LogP contribution in [-0.4, -0.2) is 13.2 Å². The van der Waals surface area contributed by atoms with Gasteiger partial charge in [-0.1, -0.05) is 30.3 Å². The van der Waals surface area contributed by atoms with E-state index in [1.165, 1.54) is 0 Å². The molecule has 1 nitrogen and oxygen atoms in total. The number of alkyl halides is 1. The molecule has 66 valence electrons. The molecule has 0 aliphatic rings. The van der Waals surface area contributed by atoms with Gasteiger partial charge < -0.3 is 5.73 Å². The molecule has 0 amide bonds. The van der Waals surface area contributed by atoms with Crippen molar-refractivity contribution in [3.8, 4) is 0 Å². The first-order chi connectivity index (χ1) is 5.88. The molecule has 2 N–H and O–H groups in total. The molecular formula is C10H14FN. The van der Waals surface area contributed by atoms with E-state index in [4.69, 9.17) is 5.73 Å². The van der Waals surface area contributed by atoms with Crippen molar-refractivity contribution in [2.75, 3.05) is 13.2 Å². The second-order valence-corrected chi connectivity index (χ2v) is 2.84. The van der Waals surface area contributed by atoms with E-state index in [0.29, 0.717) is 6.54 Å². The normalized spacial score (nSPS) is 12.8. The Morgan fingerprint density at radius 2 is 1.92 bits per heavy atom. The van der Waals surface area contributed by atoms with Crippen LogP contribution in [0.2, 0.25) is 0 Å². The molecule has 0 heterocycles. The Hall–Kier alpha value is -0.890. The van der Waals surface area contributed by atoms with Crippen molar-refractivity contribution in [2.24, 2.45) is 5.73 Å². The average Bonchev–Trinajstić information content (AvgIpc) is 2.15. The van der Waals surface area contributed by atoms with Crippen LogP contribution in [-0.2, 0) is 0 Å². The molecule has 2 heteroatoms. The number of rotatable bonds is 4. The molecule has 0 fully saturated rings. The third kappa shape index (κ3) is 2.31. The first-order valence-corrected chi connectivity index (χ1v) is 4.19. The molecule has 0 saturated heterocycles. The minimum absolute atomic E-state index is 0.0174. The fourth-order valence-corrected chi connectivity index (χ4v) is 1.26. The van der Waals surface area contributed by atoms with E-state index in [0.717, 1.165) is 12.0 Å². The molecule has 1 rings (SSSR count). The minimum atomic E-state index is -0.318. The van der Waals surface area contributed by atoms with E-state index >= 15 is 0 Å². The van der Waals surface area contributed by atoms with Crippen LogP contribution in [0.5, 0.6) is 0 Å². The molecule has 0 spiro atoms. The van der Waals surface area contributed by atoms with Crippen molar-refractivity contribution in [3.05, 3.63) is 35.9 Å². The van der Waals surface area contributed by atoms with Crippen molar-refractivity contribution >= 4 is 0 Å². The van der Waals surface area contributed by atoms with Crippen molar-refractivity contribution in [1.82, 2.24) is 0 Å². The number of halogens is 1. The number of benzene rings is 1. The quantitative estimate of drug-likeness (QED) is 0.730. The fraction of sp³-hybridized carbons (Fsp3) is 0.400. The Bertz CT molecular complexity index is 210. The van der Waals surface area contributed by atoms with Crippen LogP contribution in [0.25, 0.3) is 0 Å². The van der Waals surface area contributed by atoms with Crippen molar-refractivity contribution in [1.29, 1.82) is 0 Å². The van der Waals surface area contributed by atoms with Gasteiger partial charge in [-0.2, -0.15) is 0 Å². The van der Waals surface area contributed by atoms with Gasteiger partial charge in [0.1, 0.15) is 0 Å². The SMILES string of the molecule is NCCC(CF)c1ccccc1. The highest BCUT2D eigenvalue weighted by Gasteiger charge is 2.08. The maximum Gasteiger partial charge on any atom is 0.0963 e. The summed E-state index contributed by atoms with van der Waals surface area (Å²) in [5.74, 6) is -0.0174. The summed E-state index contributed by atoms with van der Waals surface area (Å²) in [5.41, 5.74) is 6.42. The molecule has 1 atom stereocenters. The zero-order valence-electron chi connectivity index (χ0n) is 7.04. The number of nitrogens with two attached hydrogens (primary N) is 1. The van der Waals surface area contributed by atoms with Gasteiger partial charge >= 0.3 is 0 Å². The summed E-state index contributed by atoms with van der Waals surface area (Å²) in [7, 11) is 0. The van der Waals surface area contributed by atoms with Gasteiger partial charge in [-0.3, -0.25) is 4.39 Å². The number of hydrogen-bond donors (Lipinski definition) is 1. The standard InChI is InChI=1S/C10H14FN/c11-8-10(6-7-12)9-4-2-1-3-5-9/h1-5,10H,6-8,12H2. The third-order valence-corrected chi connectivity index (χ3v) is 1.97. The molecule has 0 aliphatic carbocycles. The maximum atomic E-state index is 12.5. The summed E-state index contributed by atoms with van der Waals surface area (Å²) >= 11 is 0. The second kappa shape index (κ2) is 4.88. The lowest BCUT2D eigenvalue weighted by Crippen LogP contribution is -2.08. The van der Waals surface area contributed by atoms with Gasteiger partial charge in [0.25, 0.3) is 0 Å². The minimum Gasteiger partial charge on any atom is -0.330 e. The topological polar surface area (TPSA) is 26.0 Å². The first kappa shape index (κ1) is 9.20. The molecule has 1 aromatic rings. The summed E-state index contributed by atoms with van der Waals surface area (Å²) in [6, 6.07) is 9.67. The Labute approximate surface area is 72.4 Å². The highest BCUT2D eigenvalue weighted by molar-refractivity contribution is 5.19. The summed E-state index contributed by atoms with van der Waals surface area (Å²) in [6.45, 7) is 0.227. The van der Waals surface area contributed by atoms with Gasteiger partial charge in [-0.25, -0.2) is 0 Å². The molecule has 1 aromatic carbocycles. The fourth-order valence-electron chi connectivity index (χ4n) is 1.26. The molecule has 0 saturated carbocycles. The van der Waals surface area contributed by atoms with Crippen LogP contribution in [0, 0.1) is 0 Å². The summed E-state index contributed by atoms with van der Waals surface area (Å²) < 4.78 is 12.5. The van der Waals surface area contributed by atoms with E-state index in [-0.39, 0.29) is 12.6 Å². The Morgan fingerprint density at radius 1 is 1.25 bits per heavy atom. The Morgan fingerprint density at radius 3 is 2.42 bits per heavy atom. The first-order valence-electron chi connectivity index (χ1n) is 4.19. The van der Waals surface area contributed by atoms with E-state index < -0.39 is 0 Å². The van der Waals surface area contributed by atoms with E-state index in [9.17, 15) is 4.39 Å². The van der Waals surface area contributed by atoms with Crippen LogP contribution in [0.1, 0.15) is 17.9 Å². The van der Waals surface area contributed by atoms with E-state index in [1.54, 1.807) is 0 Å². The average molecular weight is 167 g/mol. The summed E-state index contributed by atoms with van der Waals surface area (Å²) in [6.07, 6.45) is 0.723. The highest BCUT2D eigenvalue weighted by atomic mass is 19.1.